The number of nitrogen functional groups attached to an aromatic ring is 1. The van der Waals surface area contributed by atoms with Crippen molar-refractivity contribution in [3.05, 3.63) is 36.5 Å². The first-order chi connectivity index (χ1) is 9.96. The lowest BCUT2D eigenvalue weighted by molar-refractivity contribution is 0.386. The average molecular weight is 309 g/mol. The number of nitrogens with one attached hydrogen (secondary N) is 1. The van der Waals surface area contributed by atoms with Gasteiger partial charge in [-0.25, -0.2) is 13.4 Å². The zero-order valence-electron chi connectivity index (χ0n) is 11.5. The minimum absolute atomic E-state index is 0.00243. The van der Waals surface area contributed by atoms with E-state index in [2.05, 4.69) is 9.71 Å². The van der Waals surface area contributed by atoms with Gasteiger partial charge in [-0.05, 0) is 24.3 Å². The number of benzene rings is 1. The maximum Gasteiger partial charge on any atom is 0.265 e. The van der Waals surface area contributed by atoms with Gasteiger partial charge in [-0.1, -0.05) is 0 Å². The van der Waals surface area contributed by atoms with E-state index in [0.29, 0.717) is 17.3 Å². The fraction of sp³-hybridized carbons (Fsp3) is 0.154. The van der Waals surface area contributed by atoms with Crippen molar-refractivity contribution in [1.29, 1.82) is 0 Å². The number of anilines is 2. The molecule has 2 aromatic rings. The lowest BCUT2D eigenvalue weighted by atomic mass is 10.3. The molecule has 1 aromatic heterocycles. The van der Waals surface area contributed by atoms with Gasteiger partial charge in [0.25, 0.3) is 10.0 Å². The molecule has 2 rings (SSSR count). The van der Waals surface area contributed by atoms with Crippen LogP contribution in [0.3, 0.4) is 0 Å². The number of ether oxygens (including phenoxy) is 2. The van der Waals surface area contributed by atoms with Crippen molar-refractivity contribution in [2.75, 3.05) is 24.7 Å². The van der Waals surface area contributed by atoms with Crippen molar-refractivity contribution in [3.63, 3.8) is 0 Å². The SMILES string of the molecule is COc1ccc(S(=O)(=O)Nc2ccc(N)nc2)c(OC)c1. The van der Waals surface area contributed by atoms with E-state index in [1.165, 1.54) is 50.7 Å². The first-order valence-corrected chi connectivity index (χ1v) is 7.41. The summed E-state index contributed by atoms with van der Waals surface area (Å²) in [6, 6.07) is 7.47. The van der Waals surface area contributed by atoms with Crippen LogP contribution in [0.4, 0.5) is 11.5 Å². The summed E-state index contributed by atoms with van der Waals surface area (Å²) in [4.78, 5) is 3.83. The molecule has 0 fully saturated rings. The summed E-state index contributed by atoms with van der Waals surface area (Å²) in [7, 11) is -0.930. The van der Waals surface area contributed by atoms with Gasteiger partial charge in [0, 0.05) is 6.07 Å². The molecule has 0 unspecified atom stereocenters. The van der Waals surface area contributed by atoms with E-state index in [1.54, 1.807) is 0 Å². The second kappa shape index (κ2) is 5.88. The molecule has 1 heterocycles. The molecule has 0 saturated heterocycles. The minimum Gasteiger partial charge on any atom is -0.497 e. The van der Waals surface area contributed by atoms with E-state index in [9.17, 15) is 8.42 Å². The molecule has 0 aliphatic rings. The van der Waals surface area contributed by atoms with Crippen LogP contribution in [0.15, 0.2) is 41.4 Å². The van der Waals surface area contributed by atoms with E-state index >= 15 is 0 Å². The van der Waals surface area contributed by atoms with Crippen molar-refractivity contribution in [3.8, 4) is 11.5 Å². The smallest absolute Gasteiger partial charge is 0.265 e. The number of aromatic nitrogens is 1. The van der Waals surface area contributed by atoms with Crippen LogP contribution in [0, 0.1) is 0 Å². The van der Waals surface area contributed by atoms with Crippen LogP contribution in [0.2, 0.25) is 0 Å². The van der Waals surface area contributed by atoms with Crippen molar-refractivity contribution < 1.29 is 17.9 Å². The number of sulfonamides is 1. The number of methoxy groups -OCH3 is 2. The number of hydrogen-bond acceptors (Lipinski definition) is 6. The third kappa shape index (κ3) is 3.34. The molecule has 1 aromatic carbocycles. The largest absolute Gasteiger partial charge is 0.497 e. The highest BCUT2D eigenvalue weighted by atomic mass is 32.2. The summed E-state index contributed by atoms with van der Waals surface area (Å²) in [5.74, 6) is 0.991. The third-order valence-electron chi connectivity index (χ3n) is 2.70. The fourth-order valence-corrected chi connectivity index (χ4v) is 2.87. The standard InChI is InChI=1S/C13H15N3O4S/c1-19-10-4-5-12(11(7-10)20-2)21(17,18)16-9-3-6-13(14)15-8-9/h3-8,16H,1-2H3,(H2,14,15). The summed E-state index contributed by atoms with van der Waals surface area (Å²) in [5.41, 5.74) is 5.76. The van der Waals surface area contributed by atoms with Crippen LogP contribution in [0.1, 0.15) is 0 Å². The summed E-state index contributed by atoms with van der Waals surface area (Å²) in [5, 5.41) is 0. The van der Waals surface area contributed by atoms with Gasteiger partial charge < -0.3 is 15.2 Å². The first kappa shape index (κ1) is 14.9. The van der Waals surface area contributed by atoms with Gasteiger partial charge in [0.1, 0.15) is 22.2 Å². The van der Waals surface area contributed by atoms with E-state index in [-0.39, 0.29) is 10.6 Å². The number of pyridine rings is 1. The van der Waals surface area contributed by atoms with Crippen LogP contribution >= 0.6 is 0 Å². The van der Waals surface area contributed by atoms with Crippen molar-refractivity contribution >= 4 is 21.5 Å². The van der Waals surface area contributed by atoms with Crippen LogP contribution in [-0.4, -0.2) is 27.6 Å². The lowest BCUT2D eigenvalue weighted by Crippen LogP contribution is -2.14. The summed E-state index contributed by atoms with van der Waals surface area (Å²) >= 11 is 0. The third-order valence-corrected chi connectivity index (χ3v) is 4.12. The van der Waals surface area contributed by atoms with Gasteiger partial charge >= 0.3 is 0 Å². The number of nitrogens with zero attached hydrogens (tertiary/aromatic N) is 1. The van der Waals surface area contributed by atoms with Gasteiger partial charge in [0.15, 0.2) is 0 Å². The molecule has 0 aliphatic heterocycles. The highest BCUT2D eigenvalue weighted by Crippen LogP contribution is 2.29. The van der Waals surface area contributed by atoms with Gasteiger partial charge in [-0.2, -0.15) is 0 Å². The molecule has 0 bridgehead atoms. The summed E-state index contributed by atoms with van der Waals surface area (Å²) < 4.78 is 37.3. The summed E-state index contributed by atoms with van der Waals surface area (Å²) in [6.07, 6.45) is 1.34. The van der Waals surface area contributed by atoms with Gasteiger partial charge in [0.2, 0.25) is 0 Å². The van der Waals surface area contributed by atoms with Crippen molar-refractivity contribution in [2.24, 2.45) is 0 Å². The molecule has 0 amide bonds. The topological polar surface area (TPSA) is 104 Å². The molecule has 0 radical (unpaired) electrons. The second-order valence-electron chi connectivity index (χ2n) is 4.09. The number of rotatable bonds is 5. The monoisotopic (exact) mass is 309 g/mol. The number of nitrogens with two attached hydrogens (primary N) is 1. The van der Waals surface area contributed by atoms with E-state index in [0.717, 1.165) is 0 Å². The molecule has 0 aliphatic carbocycles. The maximum atomic E-state index is 12.4. The highest BCUT2D eigenvalue weighted by Gasteiger charge is 2.20. The molecular formula is C13H15N3O4S. The van der Waals surface area contributed by atoms with Crippen LogP contribution in [0.5, 0.6) is 11.5 Å². The quantitative estimate of drug-likeness (QED) is 0.867. The van der Waals surface area contributed by atoms with Crippen LogP contribution in [0.25, 0.3) is 0 Å². The normalized spacial score (nSPS) is 11.0. The molecular weight excluding hydrogens is 294 g/mol. The Bertz CT molecular complexity index is 730. The molecule has 21 heavy (non-hydrogen) atoms. The predicted molar refractivity (Wildman–Crippen MR) is 79.0 cm³/mol. The predicted octanol–water partition coefficient (Wildman–Crippen LogP) is 1.48. The van der Waals surface area contributed by atoms with E-state index in [4.69, 9.17) is 15.2 Å². The second-order valence-corrected chi connectivity index (χ2v) is 5.74. The molecule has 0 spiro atoms. The Morgan fingerprint density at radius 3 is 2.48 bits per heavy atom. The average Bonchev–Trinajstić information content (AvgIpc) is 2.48. The Hall–Kier alpha value is -2.48. The van der Waals surface area contributed by atoms with Crippen molar-refractivity contribution in [2.45, 2.75) is 4.90 Å². The maximum absolute atomic E-state index is 12.4. The molecule has 112 valence electrons. The lowest BCUT2D eigenvalue weighted by Gasteiger charge is -2.12. The molecule has 8 heteroatoms. The zero-order chi connectivity index (χ0) is 15.5. The van der Waals surface area contributed by atoms with Crippen LogP contribution in [-0.2, 0) is 10.0 Å². The molecule has 0 atom stereocenters. The summed E-state index contributed by atoms with van der Waals surface area (Å²) in [6.45, 7) is 0. The number of hydrogen-bond donors (Lipinski definition) is 2. The van der Waals surface area contributed by atoms with Gasteiger partial charge in [-0.3, -0.25) is 4.72 Å². The van der Waals surface area contributed by atoms with Crippen LogP contribution < -0.4 is 19.9 Å². The van der Waals surface area contributed by atoms with E-state index in [1.807, 2.05) is 0 Å². The Morgan fingerprint density at radius 2 is 1.90 bits per heavy atom. The van der Waals surface area contributed by atoms with E-state index < -0.39 is 10.0 Å². The zero-order valence-corrected chi connectivity index (χ0v) is 12.3. The fourth-order valence-electron chi connectivity index (χ4n) is 1.67. The highest BCUT2D eigenvalue weighted by molar-refractivity contribution is 7.92. The molecule has 0 saturated carbocycles. The van der Waals surface area contributed by atoms with Gasteiger partial charge in [0.05, 0.1) is 26.1 Å². The Labute approximate surface area is 122 Å². The molecule has 3 N–H and O–H groups in total. The first-order valence-electron chi connectivity index (χ1n) is 5.92. The Kier molecular flexibility index (Phi) is 4.18. The minimum atomic E-state index is -3.81. The Balaban J connectivity index is 2.37. The molecule has 7 nitrogen and oxygen atoms in total. The Morgan fingerprint density at radius 1 is 1.14 bits per heavy atom. The van der Waals surface area contributed by atoms with Gasteiger partial charge in [-0.15, -0.1) is 0 Å². The van der Waals surface area contributed by atoms with Crippen molar-refractivity contribution in [1.82, 2.24) is 4.98 Å².